The van der Waals surface area contributed by atoms with Crippen LogP contribution in [0.1, 0.15) is 29.6 Å². The van der Waals surface area contributed by atoms with Gasteiger partial charge in [-0.3, -0.25) is 14.9 Å². The molecule has 0 saturated carbocycles. The molecule has 1 aliphatic rings. The van der Waals surface area contributed by atoms with Crippen molar-refractivity contribution in [3.8, 4) is 0 Å². The van der Waals surface area contributed by atoms with Crippen molar-refractivity contribution in [2.24, 2.45) is 0 Å². The maximum absolute atomic E-state index is 12.4. The Kier molecular flexibility index (Phi) is 3.23. The van der Waals surface area contributed by atoms with Crippen LogP contribution in [0.3, 0.4) is 0 Å². The van der Waals surface area contributed by atoms with Crippen LogP contribution in [-0.2, 0) is 4.74 Å². The van der Waals surface area contributed by atoms with Gasteiger partial charge in [-0.1, -0.05) is 12.1 Å². The van der Waals surface area contributed by atoms with Crippen LogP contribution in [0.2, 0.25) is 0 Å². The summed E-state index contributed by atoms with van der Waals surface area (Å²) >= 11 is 0. The maximum atomic E-state index is 12.4. The lowest BCUT2D eigenvalue weighted by Crippen LogP contribution is -2.28. The summed E-state index contributed by atoms with van der Waals surface area (Å²) in [6.45, 7) is 0.596. The summed E-state index contributed by atoms with van der Waals surface area (Å²) in [4.78, 5) is 25.8. The molecule has 0 aliphatic carbocycles. The number of nitro benzene ring substituents is 1. The Morgan fingerprint density at radius 2 is 2.25 bits per heavy atom. The summed E-state index contributed by atoms with van der Waals surface area (Å²) in [5.74, 6) is -0.101. The molecule has 2 aromatic rings. The van der Waals surface area contributed by atoms with Gasteiger partial charge in [0.25, 0.3) is 5.69 Å². The minimum absolute atomic E-state index is 0.0221. The molecule has 1 saturated heterocycles. The van der Waals surface area contributed by atoms with Gasteiger partial charge in [0.2, 0.25) is 0 Å². The molecule has 104 valence electrons. The number of nitrogens with zero attached hydrogens (tertiary/aromatic N) is 1. The zero-order valence-corrected chi connectivity index (χ0v) is 10.8. The third-order valence-corrected chi connectivity index (χ3v) is 3.63. The van der Waals surface area contributed by atoms with Gasteiger partial charge in [-0.2, -0.15) is 0 Å². The molecular formula is C14H14N2O4. The molecule has 1 atom stereocenters. The lowest BCUT2D eigenvalue weighted by atomic mass is 9.99. The van der Waals surface area contributed by atoms with E-state index in [1.54, 1.807) is 12.1 Å². The molecule has 3 rings (SSSR count). The van der Waals surface area contributed by atoms with Crippen molar-refractivity contribution in [3.05, 3.63) is 40.1 Å². The SMILES string of the molecule is O=C(c1c[nH]c2c([N+](=O)[O-])cccc12)C1CCCCO1. The number of aromatic amines is 1. The molecule has 6 nitrogen and oxygen atoms in total. The minimum Gasteiger partial charge on any atom is -0.370 e. The normalized spacial score (nSPS) is 19.1. The fraction of sp³-hybridized carbons (Fsp3) is 0.357. The van der Waals surface area contributed by atoms with E-state index >= 15 is 0 Å². The van der Waals surface area contributed by atoms with Crippen LogP contribution in [0, 0.1) is 10.1 Å². The quantitative estimate of drug-likeness (QED) is 0.529. The second kappa shape index (κ2) is 5.05. The Bertz CT molecular complexity index is 671. The average molecular weight is 274 g/mol. The fourth-order valence-electron chi connectivity index (χ4n) is 2.62. The standard InChI is InChI=1S/C14H14N2O4/c17-14(12-6-1-2-7-20-12)10-8-15-13-9(10)4-3-5-11(13)16(18)19/h3-5,8,12,15H,1-2,6-7H2. The van der Waals surface area contributed by atoms with Crippen LogP contribution in [0.4, 0.5) is 5.69 Å². The van der Waals surface area contributed by atoms with Gasteiger partial charge in [-0.25, -0.2) is 0 Å². The molecule has 1 N–H and O–H groups in total. The maximum Gasteiger partial charge on any atom is 0.293 e. The molecule has 0 spiro atoms. The van der Waals surface area contributed by atoms with Gasteiger partial charge < -0.3 is 9.72 Å². The van der Waals surface area contributed by atoms with E-state index in [0.29, 0.717) is 29.5 Å². The smallest absolute Gasteiger partial charge is 0.293 e. The van der Waals surface area contributed by atoms with Crippen LogP contribution in [0.5, 0.6) is 0 Å². The number of aromatic nitrogens is 1. The molecule has 0 amide bonds. The van der Waals surface area contributed by atoms with Gasteiger partial charge in [0.05, 0.1) is 4.92 Å². The molecule has 1 unspecified atom stereocenters. The first kappa shape index (κ1) is 12.8. The number of nitro groups is 1. The molecule has 20 heavy (non-hydrogen) atoms. The zero-order valence-electron chi connectivity index (χ0n) is 10.8. The Morgan fingerprint density at radius 3 is 2.95 bits per heavy atom. The van der Waals surface area contributed by atoms with E-state index in [1.165, 1.54) is 12.3 Å². The summed E-state index contributed by atoms with van der Waals surface area (Å²) in [6, 6.07) is 4.73. The third kappa shape index (κ3) is 2.08. The highest BCUT2D eigenvalue weighted by molar-refractivity contribution is 6.11. The van der Waals surface area contributed by atoms with E-state index in [9.17, 15) is 14.9 Å². The number of carbonyl (C=O) groups excluding carboxylic acids is 1. The molecule has 1 aromatic carbocycles. The van der Waals surface area contributed by atoms with Gasteiger partial charge in [-0.05, 0) is 19.3 Å². The van der Waals surface area contributed by atoms with Gasteiger partial charge in [0, 0.05) is 29.8 Å². The molecule has 1 fully saturated rings. The largest absolute Gasteiger partial charge is 0.370 e. The number of carbonyl (C=O) groups is 1. The number of benzene rings is 1. The number of H-pyrrole nitrogens is 1. The Balaban J connectivity index is 2.02. The van der Waals surface area contributed by atoms with Crippen LogP contribution >= 0.6 is 0 Å². The number of Topliss-reactive ketones (excluding diaryl/α,β-unsaturated/α-hetero) is 1. The lowest BCUT2D eigenvalue weighted by molar-refractivity contribution is -0.383. The van der Waals surface area contributed by atoms with Crippen LogP contribution in [0.25, 0.3) is 10.9 Å². The number of ketones is 1. The van der Waals surface area contributed by atoms with E-state index in [0.717, 1.165) is 12.8 Å². The highest BCUT2D eigenvalue weighted by Gasteiger charge is 2.26. The molecule has 2 heterocycles. The number of fused-ring (bicyclic) bond motifs is 1. The van der Waals surface area contributed by atoms with Crippen LogP contribution in [0.15, 0.2) is 24.4 Å². The number of para-hydroxylation sites is 1. The van der Waals surface area contributed by atoms with Crippen molar-refractivity contribution < 1.29 is 14.5 Å². The third-order valence-electron chi connectivity index (χ3n) is 3.63. The lowest BCUT2D eigenvalue weighted by Gasteiger charge is -2.20. The van der Waals surface area contributed by atoms with Crippen molar-refractivity contribution in [2.45, 2.75) is 25.4 Å². The number of non-ortho nitro benzene ring substituents is 1. The molecule has 6 heteroatoms. The summed E-state index contributed by atoms with van der Waals surface area (Å²) in [5, 5.41) is 11.6. The number of hydrogen-bond acceptors (Lipinski definition) is 4. The van der Waals surface area contributed by atoms with Crippen molar-refractivity contribution in [3.63, 3.8) is 0 Å². The summed E-state index contributed by atoms with van der Waals surface area (Å²) < 4.78 is 5.49. The van der Waals surface area contributed by atoms with Crippen molar-refractivity contribution in [1.29, 1.82) is 0 Å². The number of rotatable bonds is 3. The Hall–Kier alpha value is -2.21. The number of ether oxygens (including phenoxy) is 1. The summed E-state index contributed by atoms with van der Waals surface area (Å²) in [7, 11) is 0. The molecule has 0 radical (unpaired) electrons. The summed E-state index contributed by atoms with van der Waals surface area (Å²) in [5.41, 5.74) is 0.832. The van der Waals surface area contributed by atoms with E-state index < -0.39 is 11.0 Å². The summed E-state index contributed by atoms with van der Waals surface area (Å²) in [6.07, 6.45) is 3.77. The highest BCUT2D eigenvalue weighted by atomic mass is 16.6. The van der Waals surface area contributed by atoms with Crippen molar-refractivity contribution >= 4 is 22.4 Å². The van der Waals surface area contributed by atoms with Gasteiger partial charge in [-0.15, -0.1) is 0 Å². The van der Waals surface area contributed by atoms with Gasteiger partial charge in [0.1, 0.15) is 11.6 Å². The Labute approximate surface area is 114 Å². The van der Waals surface area contributed by atoms with Crippen LogP contribution in [-0.4, -0.2) is 28.4 Å². The molecule has 0 bridgehead atoms. The zero-order chi connectivity index (χ0) is 14.1. The topological polar surface area (TPSA) is 85.2 Å². The Morgan fingerprint density at radius 1 is 1.40 bits per heavy atom. The minimum atomic E-state index is -0.454. The highest BCUT2D eigenvalue weighted by Crippen LogP contribution is 2.29. The van der Waals surface area contributed by atoms with Crippen molar-refractivity contribution in [2.75, 3.05) is 6.61 Å². The second-order valence-electron chi connectivity index (χ2n) is 4.88. The first-order valence-electron chi connectivity index (χ1n) is 6.59. The average Bonchev–Trinajstić information content (AvgIpc) is 2.91. The first-order chi connectivity index (χ1) is 9.68. The van der Waals surface area contributed by atoms with E-state index in [4.69, 9.17) is 4.74 Å². The van der Waals surface area contributed by atoms with Crippen LogP contribution < -0.4 is 0 Å². The van der Waals surface area contributed by atoms with E-state index in [2.05, 4.69) is 4.98 Å². The van der Waals surface area contributed by atoms with Gasteiger partial charge >= 0.3 is 0 Å². The molecule has 1 aliphatic heterocycles. The first-order valence-corrected chi connectivity index (χ1v) is 6.59. The monoisotopic (exact) mass is 274 g/mol. The van der Waals surface area contributed by atoms with E-state index in [-0.39, 0.29) is 11.5 Å². The van der Waals surface area contributed by atoms with Crippen molar-refractivity contribution in [1.82, 2.24) is 4.98 Å². The predicted molar refractivity (Wildman–Crippen MR) is 72.9 cm³/mol. The molecule has 1 aromatic heterocycles. The van der Waals surface area contributed by atoms with Gasteiger partial charge in [0.15, 0.2) is 5.78 Å². The predicted octanol–water partition coefficient (Wildman–Crippen LogP) is 2.83. The molecular weight excluding hydrogens is 260 g/mol. The fourth-order valence-corrected chi connectivity index (χ4v) is 2.62. The van der Waals surface area contributed by atoms with E-state index in [1.807, 2.05) is 0 Å². The number of nitrogens with one attached hydrogen (secondary N) is 1. The number of hydrogen-bond donors (Lipinski definition) is 1. The second-order valence-corrected chi connectivity index (χ2v) is 4.88.